The van der Waals surface area contributed by atoms with Gasteiger partial charge in [-0.3, -0.25) is 4.79 Å². The minimum atomic E-state index is -0.436. The van der Waals surface area contributed by atoms with E-state index >= 15 is 0 Å². The molecule has 0 saturated carbocycles. The van der Waals surface area contributed by atoms with Gasteiger partial charge in [0.05, 0.1) is 0 Å². The Morgan fingerprint density at radius 2 is 2.25 bits per heavy atom. The quantitative estimate of drug-likeness (QED) is 0.822. The molecule has 1 heterocycles. The molecule has 0 bridgehead atoms. The summed E-state index contributed by atoms with van der Waals surface area (Å²) in [5.41, 5.74) is 4.14. The first-order valence-corrected chi connectivity index (χ1v) is 8.02. The average Bonchev–Trinajstić information content (AvgIpc) is 2.90. The van der Waals surface area contributed by atoms with Crippen LogP contribution in [0.15, 0.2) is 36.5 Å². The van der Waals surface area contributed by atoms with Crippen LogP contribution in [-0.2, 0) is 4.79 Å². The Labute approximate surface area is 141 Å². The summed E-state index contributed by atoms with van der Waals surface area (Å²) < 4.78 is 0. The van der Waals surface area contributed by atoms with Gasteiger partial charge in [0.2, 0.25) is 0 Å². The number of amides is 1. The number of anilines is 1. The number of carbonyl (C=O) groups excluding carboxylic acids is 1. The summed E-state index contributed by atoms with van der Waals surface area (Å²) in [6, 6.07) is 7.77. The maximum Gasteiger partial charge on any atom is 0.300 e. The van der Waals surface area contributed by atoms with E-state index < -0.39 is 5.91 Å². The number of hydrogen-bond donors (Lipinski definition) is 2. The molecule has 120 valence electrons. The number of fused-ring (bicyclic) bond motifs is 1. The van der Waals surface area contributed by atoms with Gasteiger partial charge in [-0.2, -0.15) is 0 Å². The van der Waals surface area contributed by atoms with E-state index in [1.54, 1.807) is 0 Å². The lowest BCUT2D eigenvalue weighted by molar-refractivity contribution is -0.111. The summed E-state index contributed by atoms with van der Waals surface area (Å²) in [6.07, 6.45) is 14.9. The highest BCUT2D eigenvalue weighted by molar-refractivity contribution is 6.04. The van der Waals surface area contributed by atoms with Gasteiger partial charge in [0.25, 0.3) is 5.91 Å². The number of nitrogens with one attached hydrogen (secondary N) is 2. The van der Waals surface area contributed by atoms with Crippen molar-refractivity contribution in [3.8, 4) is 12.3 Å². The van der Waals surface area contributed by atoms with E-state index in [-0.39, 0.29) is 0 Å². The molecule has 0 fully saturated rings. The first-order valence-electron chi connectivity index (χ1n) is 8.02. The first kappa shape index (κ1) is 15.9. The van der Waals surface area contributed by atoms with Crippen molar-refractivity contribution in [2.75, 3.05) is 5.32 Å². The average molecular weight is 316 g/mol. The molecule has 3 heteroatoms. The molecule has 2 N–H and O–H groups in total. The third kappa shape index (κ3) is 3.33. The zero-order valence-electron chi connectivity index (χ0n) is 13.9. The Hall–Kier alpha value is -2.99. The van der Waals surface area contributed by atoms with Crippen molar-refractivity contribution in [1.82, 2.24) is 4.98 Å². The second-order valence-electron chi connectivity index (χ2n) is 6.16. The molecule has 2 aromatic rings. The number of aromatic nitrogens is 1. The number of aryl methyl sites for hydroxylation is 1. The van der Waals surface area contributed by atoms with Crippen molar-refractivity contribution >= 4 is 29.3 Å². The molecule has 0 aliphatic heterocycles. The molecule has 1 atom stereocenters. The summed E-state index contributed by atoms with van der Waals surface area (Å²) in [5.74, 6) is 2.07. The monoisotopic (exact) mass is 316 g/mol. The van der Waals surface area contributed by atoms with Crippen molar-refractivity contribution in [3.63, 3.8) is 0 Å². The Kier molecular flexibility index (Phi) is 4.39. The van der Waals surface area contributed by atoms with Gasteiger partial charge in [-0.05, 0) is 60.1 Å². The Morgan fingerprint density at radius 3 is 3.04 bits per heavy atom. The molecule has 0 radical (unpaired) electrons. The number of carbonyl (C=O) groups is 1. The highest BCUT2D eigenvalue weighted by Gasteiger charge is 2.08. The third-order valence-electron chi connectivity index (χ3n) is 4.20. The number of aromatic amines is 1. The number of rotatable bonds is 2. The second-order valence-corrected chi connectivity index (χ2v) is 6.16. The summed E-state index contributed by atoms with van der Waals surface area (Å²) in [6.45, 7) is 4.31. The maximum atomic E-state index is 11.4. The lowest BCUT2D eigenvalue weighted by Gasteiger charge is -2.11. The van der Waals surface area contributed by atoms with Gasteiger partial charge in [0, 0.05) is 22.5 Å². The molecule has 1 aliphatic rings. The third-order valence-corrected chi connectivity index (χ3v) is 4.20. The fourth-order valence-electron chi connectivity index (χ4n) is 2.92. The molecule has 24 heavy (non-hydrogen) atoms. The molecular formula is C21H20N2O. The minimum Gasteiger partial charge on any atom is -0.361 e. The predicted molar refractivity (Wildman–Crippen MR) is 99.4 cm³/mol. The van der Waals surface area contributed by atoms with Crippen molar-refractivity contribution in [3.05, 3.63) is 58.2 Å². The molecule has 1 unspecified atom stereocenters. The van der Waals surface area contributed by atoms with Gasteiger partial charge in [0.1, 0.15) is 0 Å². The van der Waals surface area contributed by atoms with Gasteiger partial charge < -0.3 is 10.3 Å². The lowest BCUT2D eigenvalue weighted by Crippen LogP contribution is -2.25. The van der Waals surface area contributed by atoms with E-state index in [2.05, 4.69) is 48.3 Å². The largest absolute Gasteiger partial charge is 0.361 e. The Balaban J connectivity index is 2.09. The van der Waals surface area contributed by atoms with Crippen molar-refractivity contribution < 1.29 is 4.79 Å². The van der Waals surface area contributed by atoms with Crippen LogP contribution in [-0.4, -0.2) is 10.9 Å². The van der Waals surface area contributed by atoms with Crippen LogP contribution in [0.2, 0.25) is 0 Å². The summed E-state index contributed by atoms with van der Waals surface area (Å²) in [4.78, 5) is 14.8. The number of terminal acetylenes is 1. The van der Waals surface area contributed by atoms with E-state index in [1.807, 2.05) is 30.5 Å². The Bertz CT molecular complexity index is 970. The smallest absolute Gasteiger partial charge is 0.300 e. The second kappa shape index (κ2) is 6.64. The number of allylic oxidation sites excluding steroid dienone is 2. The van der Waals surface area contributed by atoms with Crippen LogP contribution in [0.4, 0.5) is 5.69 Å². The summed E-state index contributed by atoms with van der Waals surface area (Å²) in [5, 5.41) is 5.09. The van der Waals surface area contributed by atoms with Crippen LogP contribution in [0.1, 0.15) is 24.5 Å². The molecule has 3 rings (SSSR count). The van der Waals surface area contributed by atoms with Crippen LogP contribution in [0.3, 0.4) is 0 Å². The molecule has 3 nitrogen and oxygen atoms in total. The number of H-pyrrole nitrogens is 1. The van der Waals surface area contributed by atoms with E-state index in [0.29, 0.717) is 11.6 Å². The fraction of sp³-hybridized carbons (Fsp3) is 0.190. The first-order chi connectivity index (χ1) is 11.6. The Morgan fingerprint density at radius 1 is 1.42 bits per heavy atom. The van der Waals surface area contributed by atoms with Gasteiger partial charge in [-0.15, -0.1) is 6.42 Å². The molecule has 1 aromatic heterocycles. The van der Waals surface area contributed by atoms with Gasteiger partial charge in [-0.25, -0.2) is 0 Å². The van der Waals surface area contributed by atoms with E-state index in [9.17, 15) is 4.79 Å². The van der Waals surface area contributed by atoms with Crippen LogP contribution in [0.5, 0.6) is 0 Å². The maximum absolute atomic E-state index is 11.4. The van der Waals surface area contributed by atoms with Crippen LogP contribution in [0.25, 0.3) is 17.7 Å². The van der Waals surface area contributed by atoms with Crippen molar-refractivity contribution in [1.29, 1.82) is 0 Å². The highest BCUT2D eigenvalue weighted by Crippen LogP contribution is 2.23. The normalized spacial score (nSPS) is 21.4. The zero-order chi connectivity index (χ0) is 17.1. The minimum absolute atomic E-state index is 0.428. The van der Waals surface area contributed by atoms with Crippen molar-refractivity contribution in [2.24, 2.45) is 5.92 Å². The topological polar surface area (TPSA) is 44.9 Å². The molecule has 1 aliphatic carbocycles. The van der Waals surface area contributed by atoms with Gasteiger partial charge >= 0.3 is 0 Å². The standard InChI is InChI=1S/C21H20N2O/c1-4-21(24)23-18-7-5-6-16(11-18)17-10-14(2)8-9-20-19(12-17)15(3)13-22-20/h1,5-7,9-14,22H,8H2,2-3H3,(H,23,24)/b17-10+,19-12-,20-9-. The summed E-state index contributed by atoms with van der Waals surface area (Å²) >= 11 is 0. The van der Waals surface area contributed by atoms with Crippen molar-refractivity contribution in [2.45, 2.75) is 20.3 Å². The molecule has 0 saturated heterocycles. The highest BCUT2D eigenvalue weighted by atomic mass is 16.1. The molecule has 0 spiro atoms. The number of hydrogen-bond acceptors (Lipinski definition) is 1. The van der Waals surface area contributed by atoms with E-state index in [4.69, 9.17) is 6.42 Å². The van der Waals surface area contributed by atoms with Gasteiger partial charge in [-0.1, -0.05) is 31.2 Å². The molecule has 1 aromatic carbocycles. The van der Waals surface area contributed by atoms with E-state index in [1.165, 1.54) is 16.1 Å². The van der Waals surface area contributed by atoms with Gasteiger partial charge in [0.15, 0.2) is 0 Å². The SMILES string of the molecule is C#CC(=O)Nc1cccc(C2=C\C(C)C\C=c3/[nH]cc(C)/c3=C/2)c1. The fourth-order valence-corrected chi connectivity index (χ4v) is 2.92. The van der Waals surface area contributed by atoms with Crippen LogP contribution in [0, 0.1) is 25.2 Å². The van der Waals surface area contributed by atoms with Crippen LogP contribution < -0.4 is 15.9 Å². The molecular weight excluding hydrogens is 296 g/mol. The van der Waals surface area contributed by atoms with Crippen LogP contribution >= 0.6 is 0 Å². The lowest BCUT2D eigenvalue weighted by atomic mass is 9.95. The predicted octanol–water partition coefficient (Wildman–Crippen LogP) is 2.58. The zero-order valence-corrected chi connectivity index (χ0v) is 13.9. The molecule has 1 amide bonds. The summed E-state index contributed by atoms with van der Waals surface area (Å²) in [7, 11) is 0. The van der Waals surface area contributed by atoms with E-state index in [0.717, 1.165) is 17.6 Å². The number of benzene rings is 1.